The van der Waals surface area contributed by atoms with Gasteiger partial charge < -0.3 is 10.1 Å². The maximum absolute atomic E-state index is 12.2. The Kier molecular flexibility index (Phi) is 5.60. The van der Waals surface area contributed by atoms with E-state index in [1.165, 1.54) is 5.56 Å². The zero-order chi connectivity index (χ0) is 19.3. The summed E-state index contributed by atoms with van der Waals surface area (Å²) in [4.78, 5) is 12.2. The van der Waals surface area contributed by atoms with E-state index in [1.54, 1.807) is 16.9 Å². The third kappa shape index (κ3) is 5.20. The lowest BCUT2D eigenvalue weighted by molar-refractivity contribution is -0.118. The zero-order valence-electron chi connectivity index (χ0n) is 16.0. The highest BCUT2D eigenvalue weighted by molar-refractivity contribution is 5.91. The molecule has 5 heteroatoms. The van der Waals surface area contributed by atoms with Gasteiger partial charge in [0.2, 0.25) is 0 Å². The van der Waals surface area contributed by atoms with Crippen LogP contribution in [0.5, 0.6) is 5.75 Å². The standard InChI is InChI=1S/C22H25N3O2/c1-22(2,3)18-9-11-19(12-10-18)27-16-21(26)24-20-13-14-23-25(20)15-17-7-5-4-6-8-17/h4-14H,15-16H2,1-3H3,(H,24,26). The number of carbonyl (C=O) groups excluding carboxylic acids is 1. The summed E-state index contributed by atoms with van der Waals surface area (Å²) in [6.45, 7) is 7.03. The summed E-state index contributed by atoms with van der Waals surface area (Å²) in [6.07, 6.45) is 1.67. The zero-order valence-corrected chi connectivity index (χ0v) is 16.0. The van der Waals surface area contributed by atoms with Gasteiger partial charge in [0, 0.05) is 6.07 Å². The van der Waals surface area contributed by atoms with Gasteiger partial charge in [-0.2, -0.15) is 5.10 Å². The monoisotopic (exact) mass is 363 g/mol. The molecule has 0 radical (unpaired) electrons. The van der Waals surface area contributed by atoms with Crippen molar-refractivity contribution in [3.63, 3.8) is 0 Å². The van der Waals surface area contributed by atoms with Crippen molar-refractivity contribution in [1.29, 1.82) is 0 Å². The van der Waals surface area contributed by atoms with Gasteiger partial charge in [-0.15, -0.1) is 0 Å². The molecule has 1 N–H and O–H groups in total. The Labute approximate surface area is 160 Å². The molecule has 2 aromatic carbocycles. The molecule has 140 valence electrons. The van der Waals surface area contributed by atoms with Crippen LogP contribution in [-0.2, 0) is 16.8 Å². The van der Waals surface area contributed by atoms with E-state index < -0.39 is 0 Å². The molecule has 5 nitrogen and oxygen atoms in total. The van der Waals surface area contributed by atoms with Crippen molar-refractivity contribution in [3.8, 4) is 5.75 Å². The molecular weight excluding hydrogens is 338 g/mol. The second kappa shape index (κ2) is 8.08. The number of hydrogen-bond acceptors (Lipinski definition) is 3. The highest BCUT2D eigenvalue weighted by Gasteiger charge is 2.13. The van der Waals surface area contributed by atoms with Crippen molar-refractivity contribution >= 4 is 11.7 Å². The van der Waals surface area contributed by atoms with Gasteiger partial charge in [0.15, 0.2) is 6.61 Å². The first-order valence-electron chi connectivity index (χ1n) is 9.01. The maximum Gasteiger partial charge on any atom is 0.263 e. The molecule has 0 aliphatic carbocycles. The Morgan fingerprint density at radius 2 is 1.74 bits per heavy atom. The Hall–Kier alpha value is -3.08. The number of nitrogens with zero attached hydrogens (tertiary/aromatic N) is 2. The predicted octanol–water partition coefficient (Wildman–Crippen LogP) is 4.25. The Morgan fingerprint density at radius 1 is 1.04 bits per heavy atom. The van der Waals surface area contributed by atoms with Crippen LogP contribution in [0.3, 0.4) is 0 Å². The summed E-state index contributed by atoms with van der Waals surface area (Å²) in [5.41, 5.74) is 2.43. The van der Waals surface area contributed by atoms with Crippen molar-refractivity contribution < 1.29 is 9.53 Å². The summed E-state index contributed by atoms with van der Waals surface area (Å²) >= 11 is 0. The molecule has 1 heterocycles. The van der Waals surface area contributed by atoms with Gasteiger partial charge >= 0.3 is 0 Å². The molecule has 0 unspecified atom stereocenters. The fourth-order valence-corrected chi connectivity index (χ4v) is 2.70. The van der Waals surface area contributed by atoms with E-state index in [2.05, 4.69) is 31.2 Å². The van der Waals surface area contributed by atoms with Crippen LogP contribution in [0.4, 0.5) is 5.82 Å². The first kappa shape index (κ1) is 18.7. The lowest BCUT2D eigenvalue weighted by atomic mass is 9.87. The van der Waals surface area contributed by atoms with Crippen LogP contribution < -0.4 is 10.1 Å². The number of rotatable bonds is 6. The smallest absolute Gasteiger partial charge is 0.263 e. The van der Waals surface area contributed by atoms with Crippen molar-refractivity contribution in [2.24, 2.45) is 0 Å². The fraction of sp³-hybridized carbons (Fsp3) is 0.273. The highest BCUT2D eigenvalue weighted by Crippen LogP contribution is 2.24. The van der Waals surface area contributed by atoms with Gasteiger partial charge in [0.25, 0.3) is 5.91 Å². The minimum absolute atomic E-state index is 0.0502. The van der Waals surface area contributed by atoms with Gasteiger partial charge in [0.05, 0.1) is 12.7 Å². The third-order valence-corrected chi connectivity index (χ3v) is 4.25. The van der Waals surface area contributed by atoms with Gasteiger partial charge in [0.1, 0.15) is 11.6 Å². The van der Waals surface area contributed by atoms with Crippen molar-refractivity contribution in [2.45, 2.75) is 32.7 Å². The summed E-state index contributed by atoms with van der Waals surface area (Å²) in [5.74, 6) is 1.11. The first-order chi connectivity index (χ1) is 12.9. The van der Waals surface area contributed by atoms with Crippen molar-refractivity contribution in [1.82, 2.24) is 9.78 Å². The molecule has 0 bridgehead atoms. The number of ether oxygens (including phenoxy) is 1. The van der Waals surface area contributed by atoms with Gasteiger partial charge in [-0.3, -0.25) is 4.79 Å². The van der Waals surface area contributed by atoms with Gasteiger partial charge in [-0.1, -0.05) is 63.2 Å². The van der Waals surface area contributed by atoms with Crippen LogP contribution in [0.1, 0.15) is 31.9 Å². The molecule has 0 saturated carbocycles. The quantitative estimate of drug-likeness (QED) is 0.712. The fourth-order valence-electron chi connectivity index (χ4n) is 2.70. The minimum atomic E-state index is -0.218. The second-order valence-corrected chi connectivity index (χ2v) is 7.47. The Balaban J connectivity index is 1.55. The topological polar surface area (TPSA) is 56.1 Å². The van der Waals surface area contributed by atoms with E-state index in [9.17, 15) is 4.79 Å². The minimum Gasteiger partial charge on any atom is -0.484 e. The Bertz CT molecular complexity index is 878. The van der Waals surface area contributed by atoms with Gasteiger partial charge in [-0.25, -0.2) is 4.68 Å². The predicted molar refractivity (Wildman–Crippen MR) is 107 cm³/mol. The third-order valence-electron chi connectivity index (χ3n) is 4.25. The van der Waals surface area contributed by atoms with Crippen LogP contribution in [0.25, 0.3) is 0 Å². The molecule has 1 aromatic heterocycles. The number of nitrogens with one attached hydrogen (secondary N) is 1. The summed E-state index contributed by atoms with van der Waals surface area (Å²) in [5, 5.41) is 7.13. The normalized spacial score (nSPS) is 11.2. The Morgan fingerprint density at radius 3 is 2.41 bits per heavy atom. The molecule has 3 aromatic rings. The van der Waals surface area contributed by atoms with Crippen molar-refractivity contribution in [2.75, 3.05) is 11.9 Å². The number of aromatic nitrogens is 2. The molecule has 0 saturated heterocycles. The lowest BCUT2D eigenvalue weighted by Gasteiger charge is -2.19. The number of carbonyl (C=O) groups is 1. The molecule has 0 spiro atoms. The molecule has 1 amide bonds. The number of hydrogen-bond donors (Lipinski definition) is 1. The summed E-state index contributed by atoms with van der Waals surface area (Å²) in [6, 6.07) is 19.6. The van der Waals surface area contributed by atoms with E-state index in [1.807, 2.05) is 54.6 Å². The molecule has 27 heavy (non-hydrogen) atoms. The largest absolute Gasteiger partial charge is 0.484 e. The van der Waals surface area contributed by atoms with E-state index in [-0.39, 0.29) is 17.9 Å². The molecule has 0 fully saturated rings. The second-order valence-electron chi connectivity index (χ2n) is 7.47. The molecule has 0 aliphatic heterocycles. The highest BCUT2D eigenvalue weighted by atomic mass is 16.5. The summed E-state index contributed by atoms with van der Waals surface area (Å²) < 4.78 is 7.36. The van der Waals surface area contributed by atoms with Crippen LogP contribution in [0.2, 0.25) is 0 Å². The van der Waals surface area contributed by atoms with E-state index >= 15 is 0 Å². The number of benzene rings is 2. The first-order valence-corrected chi connectivity index (χ1v) is 9.01. The average molecular weight is 363 g/mol. The molecule has 0 atom stereocenters. The number of anilines is 1. The average Bonchev–Trinajstić information content (AvgIpc) is 3.07. The van der Waals surface area contributed by atoms with Crippen LogP contribution in [0.15, 0.2) is 66.9 Å². The number of amides is 1. The van der Waals surface area contributed by atoms with E-state index in [0.29, 0.717) is 18.1 Å². The van der Waals surface area contributed by atoms with Crippen LogP contribution >= 0.6 is 0 Å². The van der Waals surface area contributed by atoms with Crippen molar-refractivity contribution in [3.05, 3.63) is 78.0 Å². The maximum atomic E-state index is 12.2. The SMILES string of the molecule is CC(C)(C)c1ccc(OCC(=O)Nc2ccnn2Cc2ccccc2)cc1. The van der Waals surface area contributed by atoms with Crippen LogP contribution in [-0.4, -0.2) is 22.3 Å². The van der Waals surface area contributed by atoms with Gasteiger partial charge in [-0.05, 0) is 28.7 Å². The molecule has 3 rings (SSSR count). The van der Waals surface area contributed by atoms with E-state index in [4.69, 9.17) is 4.74 Å². The van der Waals surface area contributed by atoms with E-state index in [0.717, 1.165) is 5.56 Å². The molecule has 0 aliphatic rings. The molecular formula is C22H25N3O2. The lowest BCUT2D eigenvalue weighted by Crippen LogP contribution is -2.22. The summed E-state index contributed by atoms with van der Waals surface area (Å²) in [7, 11) is 0. The van der Waals surface area contributed by atoms with Crippen LogP contribution in [0, 0.1) is 0 Å².